The molecule has 84 valence electrons. The number of nitrogens with zero attached hydrogens (tertiary/aromatic N) is 2. The van der Waals surface area contributed by atoms with Crippen molar-refractivity contribution in [2.24, 2.45) is 0 Å². The highest BCUT2D eigenvalue weighted by atomic mass is 35.5. The van der Waals surface area contributed by atoms with E-state index in [4.69, 9.17) is 16.3 Å². The molecule has 1 heterocycles. The van der Waals surface area contributed by atoms with E-state index >= 15 is 0 Å². The molecule has 0 aromatic carbocycles. The van der Waals surface area contributed by atoms with E-state index in [2.05, 4.69) is 9.97 Å². The van der Waals surface area contributed by atoms with E-state index < -0.39 is 19.2 Å². The average molecular weight is 241 g/mol. The van der Waals surface area contributed by atoms with Gasteiger partial charge in [-0.1, -0.05) is 0 Å². The molecule has 0 atom stereocenters. The Bertz CT molecular complexity index is 323. The number of aromatic nitrogens is 2. The molecule has 0 fully saturated rings. The first-order valence-electron chi connectivity index (χ1n) is 4.07. The molecule has 0 bridgehead atoms. The standard InChI is InChI=1S/C8H8ClF3N2O/c1-5-4-6(14-7(9)13-5)15-3-2-8(10,11)12/h4H,2-3H2,1H3. The molecule has 0 saturated carbocycles. The van der Waals surface area contributed by atoms with E-state index in [9.17, 15) is 13.2 Å². The monoisotopic (exact) mass is 240 g/mol. The van der Waals surface area contributed by atoms with Crippen LogP contribution in [0.3, 0.4) is 0 Å². The zero-order valence-corrected chi connectivity index (χ0v) is 8.56. The Hall–Kier alpha value is -1.04. The normalized spacial score (nSPS) is 11.5. The zero-order chi connectivity index (χ0) is 11.5. The molecule has 1 aromatic rings. The molecule has 1 aromatic heterocycles. The van der Waals surface area contributed by atoms with E-state index in [1.807, 2.05) is 0 Å². The fourth-order valence-electron chi connectivity index (χ4n) is 0.850. The van der Waals surface area contributed by atoms with Gasteiger partial charge in [0, 0.05) is 11.8 Å². The Morgan fingerprint density at radius 2 is 2.07 bits per heavy atom. The quantitative estimate of drug-likeness (QED) is 0.762. The number of hydrogen-bond acceptors (Lipinski definition) is 3. The van der Waals surface area contributed by atoms with Crippen molar-refractivity contribution in [2.45, 2.75) is 19.5 Å². The van der Waals surface area contributed by atoms with Crippen molar-refractivity contribution < 1.29 is 17.9 Å². The molecule has 0 spiro atoms. The lowest BCUT2D eigenvalue weighted by atomic mass is 10.4. The molecule has 0 aliphatic carbocycles. The average Bonchev–Trinajstić information content (AvgIpc) is 1.99. The molecule has 3 nitrogen and oxygen atoms in total. The van der Waals surface area contributed by atoms with Crippen LogP contribution in [-0.2, 0) is 0 Å². The van der Waals surface area contributed by atoms with Gasteiger partial charge in [0.15, 0.2) is 0 Å². The molecule has 15 heavy (non-hydrogen) atoms. The minimum Gasteiger partial charge on any atom is -0.477 e. The van der Waals surface area contributed by atoms with Gasteiger partial charge < -0.3 is 4.74 Å². The third-order valence-electron chi connectivity index (χ3n) is 1.44. The van der Waals surface area contributed by atoms with Crippen LogP contribution in [0.4, 0.5) is 13.2 Å². The lowest BCUT2D eigenvalue weighted by Gasteiger charge is -2.08. The van der Waals surface area contributed by atoms with E-state index in [1.165, 1.54) is 6.07 Å². The lowest BCUT2D eigenvalue weighted by molar-refractivity contribution is -0.139. The van der Waals surface area contributed by atoms with Gasteiger partial charge in [0.1, 0.15) is 0 Å². The topological polar surface area (TPSA) is 35.0 Å². The number of alkyl halides is 3. The number of hydrogen-bond donors (Lipinski definition) is 0. The summed E-state index contributed by atoms with van der Waals surface area (Å²) in [6.07, 6.45) is -5.25. The van der Waals surface area contributed by atoms with Crippen LogP contribution in [0, 0.1) is 6.92 Å². The van der Waals surface area contributed by atoms with Crippen molar-refractivity contribution in [3.05, 3.63) is 17.0 Å². The van der Waals surface area contributed by atoms with Gasteiger partial charge in [-0.3, -0.25) is 0 Å². The minimum atomic E-state index is -4.23. The fraction of sp³-hybridized carbons (Fsp3) is 0.500. The maximum Gasteiger partial charge on any atom is 0.392 e. The van der Waals surface area contributed by atoms with Gasteiger partial charge in [0.05, 0.1) is 13.0 Å². The van der Waals surface area contributed by atoms with Gasteiger partial charge >= 0.3 is 6.18 Å². The molecule has 7 heteroatoms. The number of ether oxygens (including phenoxy) is 1. The fourth-order valence-corrected chi connectivity index (χ4v) is 1.07. The zero-order valence-electron chi connectivity index (χ0n) is 7.81. The van der Waals surface area contributed by atoms with Crippen molar-refractivity contribution in [2.75, 3.05) is 6.61 Å². The maximum atomic E-state index is 11.8. The summed E-state index contributed by atoms with van der Waals surface area (Å²) in [7, 11) is 0. The minimum absolute atomic E-state index is 0.0444. The number of rotatable bonds is 3. The second kappa shape index (κ2) is 4.65. The summed E-state index contributed by atoms with van der Waals surface area (Å²) >= 11 is 5.49. The summed E-state index contributed by atoms with van der Waals surface area (Å²) in [6, 6.07) is 1.42. The smallest absolute Gasteiger partial charge is 0.392 e. The predicted molar refractivity (Wildman–Crippen MR) is 47.9 cm³/mol. The van der Waals surface area contributed by atoms with Gasteiger partial charge in [-0.2, -0.15) is 18.2 Å². The Balaban J connectivity index is 2.51. The van der Waals surface area contributed by atoms with Gasteiger partial charge in [0.25, 0.3) is 0 Å². The van der Waals surface area contributed by atoms with Crippen LogP contribution < -0.4 is 4.74 Å². The number of halogens is 4. The van der Waals surface area contributed by atoms with Gasteiger partial charge in [-0.05, 0) is 18.5 Å². The van der Waals surface area contributed by atoms with Crippen LogP contribution in [0.5, 0.6) is 5.88 Å². The van der Waals surface area contributed by atoms with Crippen molar-refractivity contribution in [3.8, 4) is 5.88 Å². The summed E-state index contributed by atoms with van der Waals surface area (Å²) in [6.45, 7) is 1.17. The van der Waals surface area contributed by atoms with Crippen molar-refractivity contribution in [3.63, 3.8) is 0 Å². The summed E-state index contributed by atoms with van der Waals surface area (Å²) < 4.78 is 40.1. The van der Waals surface area contributed by atoms with Crippen molar-refractivity contribution in [1.82, 2.24) is 9.97 Å². The Labute approximate surface area is 89.2 Å². The third kappa shape index (κ3) is 4.83. The lowest BCUT2D eigenvalue weighted by Crippen LogP contribution is -2.13. The summed E-state index contributed by atoms with van der Waals surface area (Å²) in [5.41, 5.74) is 0.539. The van der Waals surface area contributed by atoms with Crippen molar-refractivity contribution >= 4 is 11.6 Å². The van der Waals surface area contributed by atoms with Crippen molar-refractivity contribution in [1.29, 1.82) is 0 Å². The van der Waals surface area contributed by atoms with E-state index in [0.717, 1.165) is 0 Å². The maximum absolute atomic E-state index is 11.8. The van der Waals surface area contributed by atoms with Crippen LogP contribution in [-0.4, -0.2) is 22.8 Å². The molecule has 0 amide bonds. The van der Waals surface area contributed by atoms with Gasteiger partial charge in [-0.15, -0.1) is 0 Å². The summed E-state index contributed by atoms with van der Waals surface area (Å²) in [5.74, 6) is 0.0525. The largest absolute Gasteiger partial charge is 0.477 e. The van der Waals surface area contributed by atoms with E-state index in [0.29, 0.717) is 5.69 Å². The molecule has 0 radical (unpaired) electrons. The predicted octanol–water partition coefficient (Wildman–Crippen LogP) is 2.77. The Morgan fingerprint density at radius 1 is 1.40 bits per heavy atom. The SMILES string of the molecule is Cc1cc(OCCC(F)(F)F)nc(Cl)n1. The summed E-state index contributed by atoms with van der Waals surface area (Å²) in [5, 5.41) is -0.0444. The molecule has 0 aliphatic heterocycles. The molecular formula is C8H8ClF3N2O. The highest BCUT2D eigenvalue weighted by Crippen LogP contribution is 2.20. The molecule has 1 rings (SSSR count). The first-order chi connectivity index (χ1) is 6.87. The first kappa shape index (κ1) is 12.0. The molecule has 0 aliphatic rings. The van der Waals surface area contributed by atoms with E-state index in [-0.39, 0.29) is 11.2 Å². The molecular weight excluding hydrogens is 233 g/mol. The van der Waals surface area contributed by atoms with Crippen LogP contribution in [0.25, 0.3) is 0 Å². The number of aryl methyl sites for hydroxylation is 1. The molecule has 0 saturated heterocycles. The Morgan fingerprint density at radius 3 is 2.60 bits per heavy atom. The van der Waals surface area contributed by atoms with E-state index in [1.54, 1.807) is 6.92 Å². The second-order valence-electron chi connectivity index (χ2n) is 2.83. The van der Waals surface area contributed by atoms with Crippen LogP contribution >= 0.6 is 11.6 Å². The highest BCUT2D eigenvalue weighted by Gasteiger charge is 2.26. The van der Waals surface area contributed by atoms with Gasteiger partial charge in [-0.25, -0.2) is 4.98 Å². The second-order valence-corrected chi connectivity index (χ2v) is 3.17. The highest BCUT2D eigenvalue weighted by molar-refractivity contribution is 6.28. The van der Waals surface area contributed by atoms with Crippen LogP contribution in [0.1, 0.15) is 12.1 Å². The Kier molecular flexibility index (Phi) is 3.73. The van der Waals surface area contributed by atoms with Crippen LogP contribution in [0.2, 0.25) is 5.28 Å². The van der Waals surface area contributed by atoms with Gasteiger partial charge in [0.2, 0.25) is 11.2 Å². The molecule has 0 N–H and O–H groups in total. The molecule has 0 unspecified atom stereocenters. The third-order valence-corrected chi connectivity index (χ3v) is 1.61. The summed E-state index contributed by atoms with van der Waals surface area (Å²) in [4.78, 5) is 7.36. The first-order valence-corrected chi connectivity index (χ1v) is 4.45. The van der Waals surface area contributed by atoms with Crippen LogP contribution in [0.15, 0.2) is 6.07 Å².